The summed E-state index contributed by atoms with van der Waals surface area (Å²) in [6, 6.07) is 5.51. The van der Waals surface area contributed by atoms with E-state index < -0.39 is 23.0 Å². The number of oxazole rings is 1. The Kier molecular flexibility index (Phi) is 5.41. The molecule has 38 heavy (non-hydrogen) atoms. The SMILES string of the molecule is CC(C)OC(=O)c1coc(-c2cncc(C34CC[C@@H](c5cc(-c6c(F)cccc6F)nnc53)C4(C)C)n2)n1. The molecule has 2 bridgehead atoms. The van der Waals surface area contributed by atoms with Crippen LogP contribution >= 0.6 is 0 Å². The molecule has 0 N–H and O–H groups in total. The fourth-order valence-corrected chi connectivity index (χ4v) is 6.19. The first kappa shape index (κ1) is 24.3. The van der Waals surface area contributed by atoms with E-state index in [2.05, 4.69) is 34.0 Å². The van der Waals surface area contributed by atoms with E-state index in [0.29, 0.717) is 11.4 Å². The lowest BCUT2D eigenvalue weighted by molar-refractivity contribution is 0.0371. The first-order valence-corrected chi connectivity index (χ1v) is 12.5. The van der Waals surface area contributed by atoms with Crippen molar-refractivity contribution >= 4 is 5.97 Å². The number of rotatable bonds is 5. The van der Waals surface area contributed by atoms with E-state index in [4.69, 9.17) is 14.1 Å². The summed E-state index contributed by atoms with van der Waals surface area (Å²) in [4.78, 5) is 25.8. The molecule has 4 aromatic rings. The average molecular weight is 518 g/mol. The second-order valence-electron chi connectivity index (χ2n) is 10.6. The second kappa shape index (κ2) is 8.47. The molecule has 8 nitrogen and oxygen atoms in total. The maximum Gasteiger partial charge on any atom is 0.360 e. The smallest absolute Gasteiger partial charge is 0.360 e. The molecule has 2 atom stereocenters. The van der Waals surface area contributed by atoms with Crippen LogP contribution in [-0.4, -0.2) is 37.2 Å². The summed E-state index contributed by atoms with van der Waals surface area (Å²) >= 11 is 0. The Hall–Kier alpha value is -4.08. The third kappa shape index (κ3) is 3.39. The van der Waals surface area contributed by atoms with Gasteiger partial charge in [-0.3, -0.25) is 4.98 Å². The van der Waals surface area contributed by atoms with Gasteiger partial charge < -0.3 is 9.15 Å². The van der Waals surface area contributed by atoms with Gasteiger partial charge in [-0.05, 0) is 61.8 Å². The number of ether oxygens (including phenoxy) is 1. The Bertz CT molecular complexity index is 1560. The number of hydrogen-bond donors (Lipinski definition) is 0. The van der Waals surface area contributed by atoms with Crippen LogP contribution in [-0.2, 0) is 10.2 Å². The van der Waals surface area contributed by atoms with Crippen molar-refractivity contribution in [2.24, 2.45) is 5.41 Å². The van der Waals surface area contributed by atoms with E-state index in [0.717, 1.165) is 24.1 Å². The number of hydrogen-bond acceptors (Lipinski definition) is 8. The highest BCUT2D eigenvalue weighted by Crippen LogP contribution is 2.69. The number of carbonyl (C=O) groups excluding carboxylic acids is 1. The van der Waals surface area contributed by atoms with Gasteiger partial charge in [0.25, 0.3) is 0 Å². The second-order valence-corrected chi connectivity index (χ2v) is 10.6. The molecule has 6 rings (SSSR count). The van der Waals surface area contributed by atoms with Gasteiger partial charge in [0.05, 0.1) is 40.4 Å². The van der Waals surface area contributed by atoms with Crippen LogP contribution in [0.2, 0.25) is 0 Å². The zero-order valence-electron chi connectivity index (χ0n) is 21.3. The zero-order valence-corrected chi connectivity index (χ0v) is 21.3. The standard InChI is InChI=1S/C28H25F2N5O3/c1-14(2)38-26(36)21-13-37-25(33-21)20-11-31-12-22(32-20)28-9-8-16(27(28,3)4)15-10-19(34-35-24(15)28)23-17(29)6-5-7-18(23)30/h5-7,10-14,16H,8-9H2,1-4H3/t16-,28?/m0/s1. The van der Waals surface area contributed by atoms with Crippen LogP contribution in [0.15, 0.2) is 47.3 Å². The van der Waals surface area contributed by atoms with Crippen molar-refractivity contribution in [1.82, 2.24) is 25.1 Å². The summed E-state index contributed by atoms with van der Waals surface area (Å²) in [5.74, 6) is -1.71. The lowest BCUT2D eigenvalue weighted by Crippen LogP contribution is -2.38. The lowest BCUT2D eigenvalue weighted by atomic mass is 9.66. The third-order valence-electron chi connectivity index (χ3n) is 7.95. The van der Waals surface area contributed by atoms with Crippen LogP contribution in [0.5, 0.6) is 0 Å². The number of aromatic nitrogens is 5. The molecule has 0 aliphatic heterocycles. The summed E-state index contributed by atoms with van der Waals surface area (Å²) in [6.45, 7) is 7.80. The summed E-state index contributed by atoms with van der Waals surface area (Å²) in [6.07, 6.45) is 5.78. The molecule has 3 aromatic heterocycles. The van der Waals surface area contributed by atoms with Crippen molar-refractivity contribution in [1.29, 1.82) is 0 Å². The normalized spacial score (nSPS) is 21.1. The highest BCUT2D eigenvalue weighted by Gasteiger charge is 2.65. The molecule has 1 fully saturated rings. The molecule has 0 saturated heterocycles. The van der Waals surface area contributed by atoms with E-state index in [1.807, 2.05) is 0 Å². The number of fused-ring (bicyclic) bond motifs is 5. The van der Waals surface area contributed by atoms with Gasteiger partial charge in [-0.25, -0.2) is 23.5 Å². The molecule has 0 spiro atoms. The number of halogens is 2. The molecule has 0 amide bonds. The first-order chi connectivity index (χ1) is 18.1. The van der Waals surface area contributed by atoms with Gasteiger partial charge in [0, 0.05) is 6.20 Å². The number of nitrogens with zero attached hydrogens (tertiary/aromatic N) is 5. The first-order valence-electron chi connectivity index (χ1n) is 12.5. The average Bonchev–Trinajstić information content (AvgIpc) is 3.52. The van der Waals surface area contributed by atoms with Crippen LogP contribution in [0.1, 0.15) is 73.9 Å². The number of esters is 1. The molecule has 3 heterocycles. The van der Waals surface area contributed by atoms with Gasteiger partial charge in [0.2, 0.25) is 5.89 Å². The number of benzene rings is 1. The highest BCUT2D eigenvalue weighted by molar-refractivity contribution is 5.87. The predicted octanol–water partition coefficient (Wildman–Crippen LogP) is 5.64. The molecule has 1 saturated carbocycles. The molecule has 0 radical (unpaired) electrons. The third-order valence-corrected chi connectivity index (χ3v) is 7.95. The molecule has 1 unspecified atom stereocenters. The summed E-state index contributed by atoms with van der Waals surface area (Å²) in [5, 5.41) is 8.81. The van der Waals surface area contributed by atoms with Gasteiger partial charge >= 0.3 is 5.97 Å². The molecule has 194 valence electrons. The van der Waals surface area contributed by atoms with E-state index in [-0.39, 0.29) is 40.3 Å². The Morgan fingerprint density at radius 1 is 1.11 bits per heavy atom. The maximum absolute atomic E-state index is 14.5. The van der Waals surface area contributed by atoms with Crippen molar-refractivity contribution in [2.75, 3.05) is 0 Å². The summed E-state index contributed by atoms with van der Waals surface area (Å²) in [7, 11) is 0. The Labute approximate surface area is 217 Å². The monoisotopic (exact) mass is 517 g/mol. The molecular weight excluding hydrogens is 492 g/mol. The Balaban J connectivity index is 1.43. The Morgan fingerprint density at radius 2 is 1.87 bits per heavy atom. The minimum absolute atomic E-state index is 0.0466. The van der Waals surface area contributed by atoms with Crippen molar-refractivity contribution in [3.8, 4) is 22.8 Å². The zero-order chi connectivity index (χ0) is 26.8. The van der Waals surface area contributed by atoms with Gasteiger partial charge in [0.15, 0.2) is 5.69 Å². The topological polar surface area (TPSA) is 104 Å². The van der Waals surface area contributed by atoms with Crippen LogP contribution in [0.3, 0.4) is 0 Å². The number of carbonyl (C=O) groups is 1. The molecular formula is C28H25F2N5O3. The van der Waals surface area contributed by atoms with Crippen LogP contribution < -0.4 is 0 Å². The van der Waals surface area contributed by atoms with Crippen molar-refractivity contribution < 1.29 is 22.7 Å². The van der Waals surface area contributed by atoms with E-state index in [1.165, 1.54) is 30.7 Å². The fourth-order valence-electron chi connectivity index (χ4n) is 6.19. The van der Waals surface area contributed by atoms with Crippen LogP contribution in [0.25, 0.3) is 22.8 Å². The molecule has 10 heteroatoms. The van der Waals surface area contributed by atoms with E-state index in [1.54, 1.807) is 26.1 Å². The summed E-state index contributed by atoms with van der Waals surface area (Å²) < 4.78 is 39.8. The lowest BCUT2D eigenvalue weighted by Gasteiger charge is -2.37. The van der Waals surface area contributed by atoms with Gasteiger partial charge in [0.1, 0.15) is 23.6 Å². The Morgan fingerprint density at radius 3 is 2.61 bits per heavy atom. The minimum atomic E-state index is -0.683. The van der Waals surface area contributed by atoms with Crippen LogP contribution in [0, 0.1) is 17.0 Å². The molecule has 1 aromatic carbocycles. The van der Waals surface area contributed by atoms with Gasteiger partial charge in [-0.1, -0.05) is 19.9 Å². The van der Waals surface area contributed by atoms with E-state index >= 15 is 0 Å². The van der Waals surface area contributed by atoms with Crippen LogP contribution in [0.4, 0.5) is 8.78 Å². The highest BCUT2D eigenvalue weighted by atomic mass is 19.1. The maximum atomic E-state index is 14.5. The largest absolute Gasteiger partial charge is 0.458 e. The van der Waals surface area contributed by atoms with E-state index in [9.17, 15) is 13.6 Å². The predicted molar refractivity (Wildman–Crippen MR) is 132 cm³/mol. The van der Waals surface area contributed by atoms with Crippen molar-refractivity contribution in [2.45, 2.75) is 58.0 Å². The van der Waals surface area contributed by atoms with Gasteiger partial charge in [-0.2, -0.15) is 5.10 Å². The quantitative estimate of drug-likeness (QED) is 0.314. The molecule has 2 aliphatic carbocycles. The fraction of sp³-hybridized carbons (Fsp3) is 0.357. The summed E-state index contributed by atoms with van der Waals surface area (Å²) in [5.41, 5.74) is 1.76. The van der Waals surface area contributed by atoms with Gasteiger partial charge in [-0.15, -0.1) is 5.10 Å². The van der Waals surface area contributed by atoms with Crippen molar-refractivity contribution in [3.05, 3.63) is 77.2 Å². The minimum Gasteiger partial charge on any atom is -0.458 e. The molecule has 2 aliphatic rings. The van der Waals surface area contributed by atoms with Crippen molar-refractivity contribution in [3.63, 3.8) is 0 Å².